The Bertz CT molecular complexity index is 1010. The maximum absolute atomic E-state index is 12.4. The maximum atomic E-state index is 12.4. The fourth-order valence-corrected chi connectivity index (χ4v) is 3.05. The maximum Gasteiger partial charge on any atom is 0.339 e. The summed E-state index contributed by atoms with van der Waals surface area (Å²) in [6.07, 6.45) is -0.299. The molecular weight excluding hydrogens is 358 g/mol. The van der Waals surface area contributed by atoms with Crippen molar-refractivity contribution in [2.45, 2.75) is 6.10 Å². The molecule has 0 aliphatic carbocycles. The van der Waals surface area contributed by atoms with Crippen LogP contribution >= 0.6 is 0 Å². The predicted molar refractivity (Wildman–Crippen MR) is 104 cm³/mol. The first-order valence-electron chi connectivity index (χ1n) is 9.01. The molecule has 1 atom stereocenters. The van der Waals surface area contributed by atoms with Gasteiger partial charge in [0.15, 0.2) is 18.1 Å². The molecule has 1 aliphatic rings. The minimum atomic E-state index is -0.530. The SMILES string of the molecule is O=C(COC(=O)c1cccc2ccccc12)NCC1COc2ccccc2O1. The van der Waals surface area contributed by atoms with Crippen molar-refractivity contribution < 1.29 is 23.8 Å². The molecule has 6 heteroatoms. The second kappa shape index (κ2) is 8.00. The number of benzene rings is 3. The number of ether oxygens (including phenoxy) is 3. The fourth-order valence-electron chi connectivity index (χ4n) is 3.05. The van der Waals surface area contributed by atoms with Gasteiger partial charge in [-0.2, -0.15) is 0 Å². The van der Waals surface area contributed by atoms with Gasteiger partial charge in [-0.25, -0.2) is 4.79 Å². The molecule has 1 N–H and O–H groups in total. The summed E-state index contributed by atoms with van der Waals surface area (Å²) in [6, 6.07) is 20.3. The summed E-state index contributed by atoms with van der Waals surface area (Å²) in [5, 5.41) is 4.44. The van der Waals surface area contributed by atoms with Crippen LogP contribution in [0.1, 0.15) is 10.4 Å². The van der Waals surface area contributed by atoms with E-state index in [1.807, 2.05) is 54.6 Å². The van der Waals surface area contributed by atoms with Crippen molar-refractivity contribution in [1.29, 1.82) is 0 Å². The number of carbonyl (C=O) groups is 2. The third-order valence-electron chi connectivity index (χ3n) is 4.44. The predicted octanol–water partition coefficient (Wildman–Crippen LogP) is 2.95. The number of para-hydroxylation sites is 2. The Kier molecular flexibility index (Phi) is 5.10. The molecule has 0 fully saturated rings. The Morgan fingerprint density at radius 3 is 2.61 bits per heavy atom. The van der Waals surface area contributed by atoms with Gasteiger partial charge in [0.05, 0.1) is 12.1 Å². The Morgan fingerprint density at radius 2 is 1.71 bits per heavy atom. The van der Waals surface area contributed by atoms with Crippen LogP contribution in [-0.2, 0) is 9.53 Å². The molecule has 142 valence electrons. The molecule has 3 aromatic rings. The monoisotopic (exact) mass is 377 g/mol. The third kappa shape index (κ3) is 3.91. The van der Waals surface area contributed by atoms with Crippen LogP contribution in [0, 0.1) is 0 Å². The number of hydrogen-bond acceptors (Lipinski definition) is 5. The van der Waals surface area contributed by atoms with Gasteiger partial charge < -0.3 is 19.5 Å². The molecule has 0 bridgehead atoms. The van der Waals surface area contributed by atoms with E-state index in [1.165, 1.54) is 0 Å². The molecule has 0 aromatic heterocycles. The molecule has 1 amide bonds. The van der Waals surface area contributed by atoms with Crippen LogP contribution in [-0.4, -0.2) is 37.7 Å². The Balaban J connectivity index is 1.28. The van der Waals surface area contributed by atoms with E-state index in [4.69, 9.17) is 14.2 Å². The number of esters is 1. The van der Waals surface area contributed by atoms with Gasteiger partial charge in [0, 0.05) is 0 Å². The van der Waals surface area contributed by atoms with E-state index < -0.39 is 11.9 Å². The zero-order chi connectivity index (χ0) is 19.3. The third-order valence-corrected chi connectivity index (χ3v) is 4.44. The number of carbonyl (C=O) groups excluding carboxylic acids is 2. The first-order valence-corrected chi connectivity index (χ1v) is 9.01. The summed E-state index contributed by atoms with van der Waals surface area (Å²) in [6.45, 7) is 0.248. The van der Waals surface area contributed by atoms with Crippen LogP contribution in [0.5, 0.6) is 11.5 Å². The molecule has 1 unspecified atom stereocenters. The van der Waals surface area contributed by atoms with Crippen LogP contribution < -0.4 is 14.8 Å². The van der Waals surface area contributed by atoms with Gasteiger partial charge in [0.25, 0.3) is 5.91 Å². The Morgan fingerprint density at radius 1 is 0.964 bits per heavy atom. The molecule has 0 radical (unpaired) electrons. The molecule has 1 aliphatic heterocycles. The molecule has 0 saturated carbocycles. The van der Waals surface area contributed by atoms with Crippen molar-refractivity contribution in [3.05, 3.63) is 72.3 Å². The zero-order valence-corrected chi connectivity index (χ0v) is 15.1. The molecule has 1 heterocycles. The van der Waals surface area contributed by atoms with Crippen molar-refractivity contribution in [2.75, 3.05) is 19.8 Å². The van der Waals surface area contributed by atoms with Crippen LogP contribution in [0.3, 0.4) is 0 Å². The topological polar surface area (TPSA) is 73.9 Å². The van der Waals surface area contributed by atoms with Gasteiger partial charge in [0.2, 0.25) is 0 Å². The lowest BCUT2D eigenvalue weighted by Crippen LogP contribution is -2.42. The highest BCUT2D eigenvalue weighted by molar-refractivity contribution is 6.04. The highest BCUT2D eigenvalue weighted by Gasteiger charge is 2.21. The second-order valence-electron chi connectivity index (χ2n) is 6.40. The van der Waals surface area contributed by atoms with Gasteiger partial charge in [-0.05, 0) is 29.0 Å². The average molecular weight is 377 g/mol. The van der Waals surface area contributed by atoms with E-state index >= 15 is 0 Å². The van der Waals surface area contributed by atoms with Crippen molar-refractivity contribution >= 4 is 22.6 Å². The smallest absolute Gasteiger partial charge is 0.339 e. The molecule has 0 spiro atoms. The van der Waals surface area contributed by atoms with E-state index in [2.05, 4.69) is 5.32 Å². The average Bonchev–Trinajstić information content (AvgIpc) is 2.75. The quantitative estimate of drug-likeness (QED) is 0.692. The van der Waals surface area contributed by atoms with Crippen molar-refractivity contribution in [3.8, 4) is 11.5 Å². The summed E-state index contributed by atoms with van der Waals surface area (Å²) in [5.41, 5.74) is 0.437. The Hall–Kier alpha value is -3.54. The van der Waals surface area contributed by atoms with Crippen LogP contribution in [0.25, 0.3) is 10.8 Å². The van der Waals surface area contributed by atoms with E-state index in [-0.39, 0.29) is 19.3 Å². The van der Waals surface area contributed by atoms with Crippen LogP contribution in [0.4, 0.5) is 0 Å². The van der Waals surface area contributed by atoms with Gasteiger partial charge in [-0.1, -0.05) is 48.5 Å². The number of amides is 1. The molecule has 0 saturated heterocycles. The molecule has 3 aromatic carbocycles. The van der Waals surface area contributed by atoms with Crippen molar-refractivity contribution in [3.63, 3.8) is 0 Å². The Labute approximate surface area is 162 Å². The minimum Gasteiger partial charge on any atom is -0.486 e. The van der Waals surface area contributed by atoms with Crippen LogP contribution in [0.2, 0.25) is 0 Å². The van der Waals surface area contributed by atoms with Gasteiger partial charge in [-0.3, -0.25) is 4.79 Å². The molecule has 6 nitrogen and oxygen atoms in total. The van der Waals surface area contributed by atoms with Crippen molar-refractivity contribution in [1.82, 2.24) is 5.32 Å². The molecule has 28 heavy (non-hydrogen) atoms. The summed E-state index contributed by atoms with van der Waals surface area (Å²) < 4.78 is 16.6. The first kappa shape index (κ1) is 17.9. The standard InChI is InChI=1S/C22H19NO5/c24-21(23-12-16-13-26-19-10-3-4-11-20(19)28-16)14-27-22(25)18-9-5-7-15-6-1-2-8-17(15)18/h1-11,16H,12-14H2,(H,23,24). The fraction of sp³-hybridized carbons (Fsp3) is 0.182. The van der Waals surface area contributed by atoms with Gasteiger partial charge in [0.1, 0.15) is 12.7 Å². The van der Waals surface area contributed by atoms with Crippen LogP contribution in [0.15, 0.2) is 66.7 Å². The number of nitrogens with one attached hydrogen (secondary N) is 1. The zero-order valence-electron chi connectivity index (χ0n) is 15.1. The minimum absolute atomic E-state index is 0.263. The van der Waals surface area contributed by atoms with Gasteiger partial charge >= 0.3 is 5.97 Å². The van der Waals surface area contributed by atoms with E-state index in [0.29, 0.717) is 23.7 Å². The summed E-state index contributed by atoms with van der Waals surface area (Å²) in [5.74, 6) is 0.415. The number of rotatable bonds is 5. The summed E-state index contributed by atoms with van der Waals surface area (Å²) in [4.78, 5) is 24.4. The number of hydrogen-bond donors (Lipinski definition) is 1. The van der Waals surface area contributed by atoms with E-state index in [1.54, 1.807) is 12.1 Å². The van der Waals surface area contributed by atoms with E-state index in [0.717, 1.165) is 10.8 Å². The van der Waals surface area contributed by atoms with Gasteiger partial charge in [-0.15, -0.1) is 0 Å². The summed E-state index contributed by atoms with van der Waals surface area (Å²) in [7, 11) is 0. The molecule has 4 rings (SSSR count). The highest BCUT2D eigenvalue weighted by atomic mass is 16.6. The van der Waals surface area contributed by atoms with Crippen molar-refractivity contribution in [2.24, 2.45) is 0 Å². The lowest BCUT2D eigenvalue weighted by molar-refractivity contribution is -0.124. The first-order chi connectivity index (χ1) is 13.7. The second-order valence-corrected chi connectivity index (χ2v) is 6.40. The number of fused-ring (bicyclic) bond motifs is 2. The molecular formula is C22H19NO5. The normalized spacial score (nSPS) is 15.1. The lowest BCUT2D eigenvalue weighted by atomic mass is 10.1. The van der Waals surface area contributed by atoms with E-state index in [9.17, 15) is 9.59 Å². The highest BCUT2D eigenvalue weighted by Crippen LogP contribution is 2.30. The lowest BCUT2D eigenvalue weighted by Gasteiger charge is -2.26. The largest absolute Gasteiger partial charge is 0.486 e. The summed E-state index contributed by atoms with van der Waals surface area (Å²) >= 11 is 0.